The Hall–Kier alpha value is -1.52. The van der Waals surface area contributed by atoms with Crippen molar-refractivity contribution in [3.63, 3.8) is 0 Å². The third-order valence-corrected chi connectivity index (χ3v) is 1.97. The lowest BCUT2D eigenvalue weighted by Crippen LogP contribution is -2.22. The lowest BCUT2D eigenvalue weighted by Gasteiger charge is -2.13. The Morgan fingerprint density at radius 3 is 2.64 bits per heavy atom. The van der Waals surface area contributed by atoms with E-state index in [9.17, 15) is 9.59 Å². The Morgan fingerprint density at radius 1 is 1.36 bits per heavy atom. The fourth-order valence-corrected chi connectivity index (χ4v) is 1.30. The van der Waals surface area contributed by atoms with Crippen LogP contribution in [0.5, 0.6) is 0 Å². The molecular weight excluding hydrogens is 188 g/mol. The molecule has 14 heavy (non-hydrogen) atoms. The molecule has 0 radical (unpaired) electrons. The Morgan fingerprint density at radius 2 is 2.07 bits per heavy atom. The molecule has 0 bridgehead atoms. The molecule has 0 saturated carbocycles. The van der Waals surface area contributed by atoms with Gasteiger partial charge in [-0.3, -0.25) is 0 Å². The minimum atomic E-state index is -0.785. The van der Waals surface area contributed by atoms with Crippen LogP contribution in [0.3, 0.4) is 0 Å². The highest BCUT2D eigenvalue weighted by Crippen LogP contribution is 2.23. The van der Waals surface area contributed by atoms with Gasteiger partial charge in [0, 0.05) is 0 Å². The topological polar surface area (TPSA) is 61.8 Å². The summed E-state index contributed by atoms with van der Waals surface area (Å²) in [7, 11) is 2.51. The Kier molecular flexibility index (Phi) is 3.50. The van der Waals surface area contributed by atoms with Crippen molar-refractivity contribution in [3.8, 4) is 0 Å². The molecule has 0 fully saturated rings. The summed E-state index contributed by atoms with van der Waals surface area (Å²) < 4.78 is 13.7. The van der Waals surface area contributed by atoms with Crippen LogP contribution in [0, 0.1) is 0 Å². The fraction of sp³-hybridized carbons (Fsp3) is 0.556. The number of allylic oxidation sites excluding steroid dienone is 1. The van der Waals surface area contributed by atoms with E-state index in [1.54, 1.807) is 6.08 Å². The van der Waals surface area contributed by atoms with Crippen LogP contribution < -0.4 is 0 Å². The largest absolute Gasteiger partial charge is 0.508 e. The minimum Gasteiger partial charge on any atom is -0.466 e. The van der Waals surface area contributed by atoms with E-state index in [1.165, 1.54) is 14.2 Å². The van der Waals surface area contributed by atoms with Crippen molar-refractivity contribution in [2.75, 3.05) is 14.2 Å². The molecule has 1 atom stereocenters. The molecule has 0 spiro atoms. The maximum Gasteiger partial charge on any atom is 0.508 e. The van der Waals surface area contributed by atoms with E-state index in [-0.39, 0.29) is 0 Å². The van der Waals surface area contributed by atoms with Crippen LogP contribution in [-0.4, -0.2) is 32.4 Å². The first-order chi connectivity index (χ1) is 6.69. The first-order valence-electron chi connectivity index (χ1n) is 4.22. The monoisotopic (exact) mass is 200 g/mol. The highest BCUT2D eigenvalue weighted by atomic mass is 16.7. The molecule has 0 aliphatic heterocycles. The van der Waals surface area contributed by atoms with Gasteiger partial charge < -0.3 is 14.2 Å². The maximum atomic E-state index is 11.2. The van der Waals surface area contributed by atoms with E-state index in [4.69, 9.17) is 4.74 Å². The molecule has 1 unspecified atom stereocenters. The van der Waals surface area contributed by atoms with Gasteiger partial charge in [-0.05, 0) is 12.8 Å². The van der Waals surface area contributed by atoms with Crippen molar-refractivity contribution in [2.45, 2.75) is 18.9 Å². The molecule has 0 aromatic heterocycles. The number of hydrogen-bond acceptors (Lipinski definition) is 5. The normalized spacial score (nSPS) is 19.9. The zero-order valence-electron chi connectivity index (χ0n) is 8.11. The molecule has 5 heteroatoms. The summed E-state index contributed by atoms with van der Waals surface area (Å²) in [5, 5.41) is 0. The first kappa shape index (κ1) is 10.6. The van der Waals surface area contributed by atoms with Crippen molar-refractivity contribution >= 4 is 12.1 Å². The van der Waals surface area contributed by atoms with Crippen LogP contribution in [0.15, 0.2) is 11.6 Å². The van der Waals surface area contributed by atoms with Gasteiger partial charge in [0.15, 0.2) is 0 Å². The molecule has 0 amide bonds. The summed E-state index contributed by atoms with van der Waals surface area (Å²) >= 11 is 0. The third kappa shape index (κ3) is 2.25. The number of ether oxygens (including phenoxy) is 3. The van der Waals surface area contributed by atoms with Crippen molar-refractivity contribution in [3.05, 3.63) is 11.6 Å². The van der Waals surface area contributed by atoms with Crippen molar-refractivity contribution < 1.29 is 23.8 Å². The molecule has 0 aromatic carbocycles. The van der Waals surface area contributed by atoms with Crippen LogP contribution in [0.1, 0.15) is 12.8 Å². The molecule has 0 saturated heterocycles. The van der Waals surface area contributed by atoms with Gasteiger partial charge in [0.1, 0.15) is 6.10 Å². The van der Waals surface area contributed by atoms with E-state index in [0.29, 0.717) is 18.4 Å². The molecule has 1 aliphatic rings. The molecule has 5 nitrogen and oxygen atoms in total. The highest BCUT2D eigenvalue weighted by molar-refractivity contribution is 5.90. The predicted molar refractivity (Wildman–Crippen MR) is 46.6 cm³/mol. The van der Waals surface area contributed by atoms with Crippen LogP contribution in [-0.2, 0) is 19.0 Å². The van der Waals surface area contributed by atoms with E-state index in [2.05, 4.69) is 9.47 Å². The number of methoxy groups -OCH3 is 2. The summed E-state index contributed by atoms with van der Waals surface area (Å²) in [5.74, 6) is -0.462. The minimum absolute atomic E-state index is 0.387. The summed E-state index contributed by atoms with van der Waals surface area (Å²) in [6.45, 7) is 0. The van der Waals surface area contributed by atoms with E-state index < -0.39 is 18.2 Å². The Balaban J connectivity index is 2.58. The third-order valence-electron chi connectivity index (χ3n) is 1.97. The molecule has 0 aromatic rings. The van der Waals surface area contributed by atoms with E-state index in [0.717, 1.165) is 0 Å². The van der Waals surface area contributed by atoms with Crippen LogP contribution in [0.25, 0.3) is 0 Å². The molecule has 1 aliphatic carbocycles. The summed E-state index contributed by atoms with van der Waals surface area (Å²) in [6, 6.07) is 0. The Bertz CT molecular complexity index is 268. The number of carbonyl (C=O) groups excluding carboxylic acids is 2. The smallest absolute Gasteiger partial charge is 0.466 e. The van der Waals surface area contributed by atoms with Gasteiger partial charge in [-0.15, -0.1) is 0 Å². The predicted octanol–water partition coefficient (Wildman–Crippen LogP) is 1.03. The van der Waals surface area contributed by atoms with Gasteiger partial charge in [0.05, 0.1) is 19.8 Å². The number of rotatable bonds is 2. The van der Waals surface area contributed by atoms with Crippen LogP contribution in [0.2, 0.25) is 0 Å². The quantitative estimate of drug-likeness (QED) is 0.623. The number of hydrogen-bond donors (Lipinski definition) is 0. The van der Waals surface area contributed by atoms with Crippen molar-refractivity contribution in [1.29, 1.82) is 0 Å². The highest BCUT2D eigenvalue weighted by Gasteiger charge is 2.29. The average Bonchev–Trinajstić information content (AvgIpc) is 2.64. The van der Waals surface area contributed by atoms with Crippen molar-refractivity contribution in [1.82, 2.24) is 0 Å². The lowest BCUT2D eigenvalue weighted by molar-refractivity contribution is -0.137. The molecule has 78 valence electrons. The lowest BCUT2D eigenvalue weighted by atomic mass is 10.2. The fourth-order valence-electron chi connectivity index (χ4n) is 1.30. The van der Waals surface area contributed by atoms with Gasteiger partial charge in [-0.2, -0.15) is 0 Å². The number of carbonyl (C=O) groups is 2. The van der Waals surface area contributed by atoms with E-state index >= 15 is 0 Å². The Labute approximate surface area is 81.6 Å². The number of esters is 1. The molecule has 0 N–H and O–H groups in total. The summed E-state index contributed by atoms with van der Waals surface area (Å²) in [6.07, 6.45) is 1.69. The average molecular weight is 200 g/mol. The first-order valence-corrected chi connectivity index (χ1v) is 4.22. The summed E-state index contributed by atoms with van der Waals surface area (Å²) in [5.41, 5.74) is 0.387. The van der Waals surface area contributed by atoms with E-state index in [1.807, 2.05) is 0 Å². The second-order valence-corrected chi connectivity index (χ2v) is 2.79. The van der Waals surface area contributed by atoms with Gasteiger partial charge in [-0.1, -0.05) is 6.08 Å². The van der Waals surface area contributed by atoms with Crippen molar-refractivity contribution in [2.24, 2.45) is 0 Å². The second kappa shape index (κ2) is 4.64. The maximum absolute atomic E-state index is 11.2. The zero-order valence-corrected chi connectivity index (χ0v) is 8.11. The SMILES string of the molecule is COC(=O)OC1CCC=C1C(=O)OC. The van der Waals surface area contributed by atoms with Gasteiger partial charge in [0.25, 0.3) is 0 Å². The van der Waals surface area contributed by atoms with Gasteiger partial charge >= 0.3 is 12.1 Å². The standard InChI is InChI=1S/C9H12O5/c1-12-8(10)6-4-3-5-7(6)14-9(11)13-2/h4,7H,3,5H2,1-2H3. The molecular formula is C9H12O5. The van der Waals surface area contributed by atoms with Gasteiger partial charge in [-0.25, -0.2) is 9.59 Å². The second-order valence-electron chi connectivity index (χ2n) is 2.79. The van der Waals surface area contributed by atoms with Crippen LogP contribution >= 0.6 is 0 Å². The van der Waals surface area contributed by atoms with Gasteiger partial charge in [0.2, 0.25) is 0 Å². The molecule has 1 rings (SSSR count). The zero-order chi connectivity index (χ0) is 10.6. The molecule has 0 heterocycles. The summed E-state index contributed by atoms with van der Waals surface area (Å²) in [4.78, 5) is 22.0. The van der Waals surface area contributed by atoms with Crippen LogP contribution in [0.4, 0.5) is 4.79 Å².